The Bertz CT molecular complexity index is 836. The first-order valence-electron chi connectivity index (χ1n) is 8.75. The third-order valence-electron chi connectivity index (χ3n) is 4.59. The van der Waals surface area contributed by atoms with Crippen molar-refractivity contribution in [3.05, 3.63) is 60.9 Å². The van der Waals surface area contributed by atoms with E-state index in [-0.39, 0.29) is 5.91 Å². The molecule has 3 aromatic rings. The number of piperazine rings is 1. The first kappa shape index (κ1) is 16.5. The molecule has 0 bridgehead atoms. The van der Waals surface area contributed by atoms with E-state index in [2.05, 4.69) is 24.6 Å². The van der Waals surface area contributed by atoms with Crippen molar-refractivity contribution in [1.82, 2.24) is 34.3 Å². The van der Waals surface area contributed by atoms with E-state index in [1.54, 1.807) is 12.4 Å². The van der Waals surface area contributed by atoms with Crippen LogP contribution in [-0.4, -0.2) is 73.0 Å². The molecule has 8 heteroatoms. The minimum absolute atomic E-state index is 0.0542. The second-order valence-corrected chi connectivity index (χ2v) is 6.29. The highest BCUT2D eigenvalue weighted by Gasteiger charge is 2.24. The molecule has 3 heterocycles. The summed E-state index contributed by atoms with van der Waals surface area (Å²) < 4.78 is 2.07. The molecule has 8 nitrogen and oxygen atoms in total. The lowest BCUT2D eigenvalue weighted by atomic mass is 10.3. The zero-order chi connectivity index (χ0) is 17.8. The van der Waals surface area contributed by atoms with E-state index in [0.717, 1.165) is 31.9 Å². The molecule has 1 fully saturated rings. The summed E-state index contributed by atoms with van der Waals surface area (Å²) in [6, 6.07) is 9.60. The van der Waals surface area contributed by atoms with Gasteiger partial charge in [0.15, 0.2) is 5.69 Å². The first-order valence-corrected chi connectivity index (χ1v) is 8.75. The predicted octanol–water partition coefficient (Wildman–Crippen LogP) is 0.922. The van der Waals surface area contributed by atoms with Gasteiger partial charge in [-0.15, -0.1) is 5.10 Å². The standard InChI is InChI=1S/C18H21N7O/c26-18(17-14-20-25(21-17)16-4-2-1-3-5-16)24-12-10-22(11-13-24)8-9-23-7-6-19-15-23/h1-7,14-15H,8-13H2. The molecule has 134 valence electrons. The van der Waals surface area contributed by atoms with Crippen LogP contribution in [-0.2, 0) is 6.54 Å². The quantitative estimate of drug-likeness (QED) is 0.684. The lowest BCUT2D eigenvalue weighted by Gasteiger charge is -2.34. The zero-order valence-electron chi connectivity index (χ0n) is 14.5. The van der Waals surface area contributed by atoms with Crippen LogP contribution in [0.5, 0.6) is 0 Å². The largest absolute Gasteiger partial charge is 0.336 e. The van der Waals surface area contributed by atoms with E-state index in [4.69, 9.17) is 0 Å². The van der Waals surface area contributed by atoms with Gasteiger partial charge in [0.25, 0.3) is 5.91 Å². The third kappa shape index (κ3) is 3.65. The highest BCUT2D eigenvalue weighted by atomic mass is 16.2. The van der Waals surface area contributed by atoms with Gasteiger partial charge < -0.3 is 9.47 Å². The van der Waals surface area contributed by atoms with Crippen LogP contribution in [0.25, 0.3) is 5.69 Å². The number of aromatic nitrogens is 5. The Kier molecular flexibility index (Phi) is 4.74. The lowest BCUT2D eigenvalue weighted by Crippen LogP contribution is -2.49. The van der Waals surface area contributed by atoms with Crippen molar-refractivity contribution < 1.29 is 4.79 Å². The van der Waals surface area contributed by atoms with Crippen LogP contribution >= 0.6 is 0 Å². The Balaban J connectivity index is 1.31. The second-order valence-electron chi connectivity index (χ2n) is 6.29. The van der Waals surface area contributed by atoms with Gasteiger partial charge in [-0.05, 0) is 12.1 Å². The summed E-state index contributed by atoms with van der Waals surface area (Å²) in [6.07, 6.45) is 7.13. The molecule has 0 N–H and O–H groups in total. The minimum atomic E-state index is -0.0542. The number of imidazole rings is 1. The van der Waals surface area contributed by atoms with Gasteiger partial charge in [0, 0.05) is 51.7 Å². The number of nitrogens with zero attached hydrogens (tertiary/aromatic N) is 7. The van der Waals surface area contributed by atoms with Crippen molar-refractivity contribution in [2.75, 3.05) is 32.7 Å². The van der Waals surface area contributed by atoms with Crippen LogP contribution in [0, 0.1) is 0 Å². The van der Waals surface area contributed by atoms with Gasteiger partial charge in [0.05, 0.1) is 18.2 Å². The number of benzene rings is 1. The van der Waals surface area contributed by atoms with Crippen molar-refractivity contribution in [3.8, 4) is 5.69 Å². The Morgan fingerprint density at radius 2 is 1.85 bits per heavy atom. The van der Waals surface area contributed by atoms with E-state index < -0.39 is 0 Å². The Hall–Kier alpha value is -3.00. The van der Waals surface area contributed by atoms with Gasteiger partial charge in [0.2, 0.25) is 0 Å². The summed E-state index contributed by atoms with van der Waals surface area (Å²) in [5.74, 6) is -0.0542. The number of carbonyl (C=O) groups excluding carboxylic acids is 1. The molecule has 0 spiro atoms. The normalized spacial score (nSPS) is 15.3. The SMILES string of the molecule is O=C(c1cnn(-c2ccccc2)n1)N1CCN(CCn2ccnc2)CC1. The molecule has 1 aromatic carbocycles. The van der Waals surface area contributed by atoms with E-state index in [0.29, 0.717) is 18.8 Å². The van der Waals surface area contributed by atoms with Crippen LogP contribution in [0.15, 0.2) is 55.2 Å². The number of amides is 1. The molecular formula is C18H21N7O. The minimum Gasteiger partial charge on any atom is -0.336 e. The highest BCUT2D eigenvalue weighted by molar-refractivity contribution is 5.92. The van der Waals surface area contributed by atoms with Gasteiger partial charge >= 0.3 is 0 Å². The first-order chi connectivity index (χ1) is 12.8. The molecular weight excluding hydrogens is 330 g/mol. The molecule has 26 heavy (non-hydrogen) atoms. The number of carbonyl (C=O) groups is 1. The fourth-order valence-corrected chi connectivity index (χ4v) is 3.06. The van der Waals surface area contributed by atoms with Gasteiger partial charge in [-0.1, -0.05) is 18.2 Å². The van der Waals surface area contributed by atoms with Crippen LogP contribution in [0.4, 0.5) is 0 Å². The highest BCUT2D eigenvalue weighted by Crippen LogP contribution is 2.09. The van der Waals surface area contributed by atoms with Crippen molar-refractivity contribution in [1.29, 1.82) is 0 Å². The van der Waals surface area contributed by atoms with Crippen LogP contribution in [0.1, 0.15) is 10.5 Å². The lowest BCUT2D eigenvalue weighted by molar-refractivity contribution is 0.0627. The number of rotatable bonds is 5. The summed E-state index contributed by atoms with van der Waals surface area (Å²) in [7, 11) is 0. The summed E-state index contributed by atoms with van der Waals surface area (Å²) in [5, 5.41) is 8.55. The molecule has 4 rings (SSSR count). The van der Waals surface area contributed by atoms with Crippen molar-refractivity contribution in [2.24, 2.45) is 0 Å². The molecule has 0 aliphatic carbocycles. The fraction of sp³-hybridized carbons (Fsp3) is 0.333. The maximum absolute atomic E-state index is 12.7. The molecule has 0 unspecified atom stereocenters. The van der Waals surface area contributed by atoms with Gasteiger partial charge in [-0.2, -0.15) is 9.90 Å². The maximum atomic E-state index is 12.7. The summed E-state index contributed by atoms with van der Waals surface area (Å²) in [6.45, 7) is 5.03. The Labute approximate surface area is 151 Å². The van der Waals surface area contributed by atoms with E-state index >= 15 is 0 Å². The van der Waals surface area contributed by atoms with E-state index in [1.165, 1.54) is 4.80 Å². The third-order valence-corrected chi connectivity index (χ3v) is 4.59. The fourth-order valence-electron chi connectivity index (χ4n) is 3.06. The topological polar surface area (TPSA) is 72.1 Å². The van der Waals surface area contributed by atoms with Crippen molar-refractivity contribution >= 4 is 5.91 Å². The Morgan fingerprint density at radius 3 is 2.58 bits per heavy atom. The summed E-state index contributed by atoms with van der Waals surface area (Å²) in [4.78, 5) is 22.4. The average Bonchev–Trinajstić information content (AvgIpc) is 3.39. The van der Waals surface area contributed by atoms with Crippen molar-refractivity contribution in [2.45, 2.75) is 6.54 Å². The van der Waals surface area contributed by atoms with E-state index in [1.807, 2.05) is 47.8 Å². The second kappa shape index (κ2) is 7.49. The van der Waals surface area contributed by atoms with Crippen LogP contribution in [0.3, 0.4) is 0 Å². The Morgan fingerprint density at radius 1 is 1.04 bits per heavy atom. The van der Waals surface area contributed by atoms with E-state index in [9.17, 15) is 4.79 Å². The molecule has 2 aromatic heterocycles. The molecule has 1 aliphatic heterocycles. The summed E-state index contributed by atoms with van der Waals surface area (Å²) >= 11 is 0. The predicted molar refractivity (Wildman–Crippen MR) is 95.9 cm³/mol. The molecule has 0 radical (unpaired) electrons. The summed E-state index contributed by atoms with van der Waals surface area (Å²) in [5.41, 5.74) is 1.23. The molecule has 0 saturated carbocycles. The number of hydrogen-bond donors (Lipinski definition) is 0. The smallest absolute Gasteiger partial charge is 0.276 e. The van der Waals surface area contributed by atoms with Gasteiger partial charge in [-0.3, -0.25) is 9.69 Å². The number of para-hydroxylation sites is 1. The molecule has 1 amide bonds. The zero-order valence-corrected chi connectivity index (χ0v) is 14.5. The van der Waals surface area contributed by atoms with Gasteiger partial charge in [0.1, 0.15) is 0 Å². The monoisotopic (exact) mass is 351 g/mol. The average molecular weight is 351 g/mol. The molecule has 1 aliphatic rings. The van der Waals surface area contributed by atoms with Gasteiger partial charge in [-0.25, -0.2) is 4.98 Å². The number of hydrogen-bond acceptors (Lipinski definition) is 5. The van der Waals surface area contributed by atoms with Crippen molar-refractivity contribution in [3.63, 3.8) is 0 Å². The van der Waals surface area contributed by atoms with Crippen LogP contribution < -0.4 is 0 Å². The van der Waals surface area contributed by atoms with Crippen LogP contribution in [0.2, 0.25) is 0 Å². The molecule has 1 saturated heterocycles. The maximum Gasteiger partial charge on any atom is 0.276 e. The molecule has 0 atom stereocenters.